The number of carbonyl (C=O) groups excluding carboxylic acids is 1. The molecule has 1 aliphatic rings. The van der Waals surface area contributed by atoms with Crippen LogP contribution in [0.4, 0.5) is 5.95 Å². The van der Waals surface area contributed by atoms with Crippen LogP contribution in [0, 0.1) is 0 Å². The number of benzene rings is 1. The minimum absolute atomic E-state index is 0.225. The van der Waals surface area contributed by atoms with Crippen LogP contribution in [0.2, 0.25) is 0 Å². The molecule has 3 N–H and O–H groups in total. The van der Waals surface area contributed by atoms with Gasteiger partial charge in [-0.25, -0.2) is 15.1 Å². The molecule has 11 nitrogen and oxygen atoms in total. The number of esters is 1. The summed E-state index contributed by atoms with van der Waals surface area (Å²) in [5.74, 6) is 0.136. The molecule has 182 valence electrons. The Bertz CT molecular complexity index is 1200. The molecule has 1 aromatic carbocycles. The second-order valence-corrected chi connectivity index (χ2v) is 10.7. The molecule has 1 fully saturated rings. The quantitative estimate of drug-likeness (QED) is 0.305. The number of nitrogens with two attached hydrogens (primary N) is 1. The number of nitrogens with one attached hydrogen (secondary N) is 1. The van der Waals surface area contributed by atoms with Gasteiger partial charge in [0.15, 0.2) is 5.65 Å². The normalized spacial score (nSPS) is 17.3. The van der Waals surface area contributed by atoms with E-state index in [0.29, 0.717) is 17.8 Å². The summed E-state index contributed by atoms with van der Waals surface area (Å²) in [5, 5.41) is 7.07. The summed E-state index contributed by atoms with van der Waals surface area (Å²) in [7, 11) is -3.64. The second kappa shape index (κ2) is 9.69. The van der Waals surface area contributed by atoms with Gasteiger partial charge in [0, 0.05) is 12.0 Å². The Morgan fingerprint density at radius 2 is 1.97 bits per heavy atom. The summed E-state index contributed by atoms with van der Waals surface area (Å²) in [6, 6.07) is 7.92. The van der Waals surface area contributed by atoms with Crippen LogP contribution >= 0.6 is 7.52 Å². The predicted octanol–water partition coefficient (Wildman–Crippen LogP) is 2.96. The molecule has 0 amide bonds. The highest BCUT2D eigenvalue weighted by atomic mass is 31.2. The van der Waals surface area contributed by atoms with Gasteiger partial charge in [-0.3, -0.25) is 9.36 Å². The number of nitrogens with zero attached hydrogens (tertiary/aromatic N) is 4. The fraction of sp³-hybridized carbons (Fsp3) is 0.455. The highest BCUT2D eigenvalue weighted by Crippen LogP contribution is 2.50. The van der Waals surface area contributed by atoms with Gasteiger partial charge in [-0.2, -0.15) is 9.61 Å². The third-order valence-corrected chi connectivity index (χ3v) is 7.11. The van der Waals surface area contributed by atoms with E-state index in [9.17, 15) is 9.36 Å². The van der Waals surface area contributed by atoms with E-state index in [1.165, 1.54) is 10.8 Å². The molecule has 0 aliphatic heterocycles. The third-order valence-electron chi connectivity index (χ3n) is 5.36. The number of fused-ring (bicyclic) bond motifs is 1. The van der Waals surface area contributed by atoms with Gasteiger partial charge in [0.05, 0.1) is 17.9 Å². The lowest BCUT2D eigenvalue weighted by molar-refractivity contribution is -0.149. The minimum Gasteiger partial charge on any atom is -0.462 e. The molecule has 2 atom stereocenters. The van der Waals surface area contributed by atoms with E-state index < -0.39 is 25.1 Å². The van der Waals surface area contributed by atoms with Gasteiger partial charge in [0.25, 0.3) is 0 Å². The van der Waals surface area contributed by atoms with Crippen LogP contribution < -0.4 is 15.3 Å². The van der Waals surface area contributed by atoms with E-state index in [-0.39, 0.29) is 18.4 Å². The molecular weight excluding hydrogens is 459 g/mol. The van der Waals surface area contributed by atoms with Gasteiger partial charge in [-0.15, -0.1) is 0 Å². The molecule has 0 radical (unpaired) electrons. The van der Waals surface area contributed by atoms with E-state index >= 15 is 0 Å². The second-order valence-electron chi connectivity index (χ2n) is 8.68. The first-order chi connectivity index (χ1) is 16.2. The summed E-state index contributed by atoms with van der Waals surface area (Å²) in [4.78, 5) is 20.5. The van der Waals surface area contributed by atoms with Crippen molar-refractivity contribution in [1.82, 2.24) is 24.7 Å². The zero-order valence-electron chi connectivity index (χ0n) is 19.4. The van der Waals surface area contributed by atoms with Crippen molar-refractivity contribution in [2.45, 2.75) is 57.8 Å². The van der Waals surface area contributed by atoms with Crippen molar-refractivity contribution in [3.8, 4) is 5.75 Å². The lowest BCUT2D eigenvalue weighted by Crippen LogP contribution is -2.37. The van der Waals surface area contributed by atoms with Crippen LogP contribution in [0.1, 0.15) is 39.2 Å². The number of rotatable bonds is 11. The fourth-order valence-corrected chi connectivity index (χ4v) is 5.29. The fourth-order valence-electron chi connectivity index (χ4n) is 3.51. The molecule has 1 aliphatic carbocycles. The summed E-state index contributed by atoms with van der Waals surface area (Å²) >= 11 is 0. The summed E-state index contributed by atoms with van der Waals surface area (Å²) in [6.45, 7) is 5.09. The molecule has 0 bridgehead atoms. The maximum absolute atomic E-state index is 13.8. The zero-order valence-corrected chi connectivity index (χ0v) is 20.3. The molecular formula is C22H29N6O5P. The average Bonchev–Trinajstić information content (AvgIpc) is 3.44. The van der Waals surface area contributed by atoms with Gasteiger partial charge >= 0.3 is 13.5 Å². The first-order valence-corrected chi connectivity index (χ1v) is 12.9. The van der Waals surface area contributed by atoms with Crippen LogP contribution in [-0.2, 0) is 25.3 Å². The van der Waals surface area contributed by atoms with Crippen LogP contribution in [0.15, 0.2) is 42.9 Å². The van der Waals surface area contributed by atoms with E-state index in [0.717, 1.165) is 18.4 Å². The minimum atomic E-state index is -3.64. The number of carbonyl (C=O) groups is 1. The average molecular weight is 488 g/mol. The Labute approximate surface area is 197 Å². The molecule has 0 spiro atoms. The first kappa shape index (κ1) is 24.1. The Hall–Kier alpha value is -3.01. The number of anilines is 1. The lowest BCUT2D eigenvalue weighted by Gasteiger charge is -2.26. The smallest absolute Gasteiger partial charge is 0.342 e. The topological polar surface area (TPSA) is 143 Å². The molecule has 12 heteroatoms. The molecule has 1 saturated carbocycles. The zero-order chi connectivity index (χ0) is 24.3. The Kier molecular flexibility index (Phi) is 6.88. The standard InChI is InChI=1S/C22H29N6O5P/c1-15(2)32-20(29)16(3)27-34(30,33-18-7-5-4-6-8-18)14-31-22(9-10-22)11-17-12-26-28-19(17)24-13-25-21(28)23/h4-8,12-13,15-16H,9-11,14H2,1-3H3,(H,27,30)(H2,23,24,25)/t16-,34?/m0/s1. The monoisotopic (exact) mass is 488 g/mol. The molecule has 0 saturated heterocycles. The van der Waals surface area contributed by atoms with Gasteiger partial charge in [0.2, 0.25) is 5.95 Å². The highest BCUT2D eigenvalue weighted by Gasteiger charge is 2.47. The van der Waals surface area contributed by atoms with Crippen molar-refractivity contribution >= 4 is 25.1 Å². The van der Waals surface area contributed by atoms with E-state index in [4.69, 9.17) is 19.7 Å². The molecule has 4 rings (SSSR count). The van der Waals surface area contributed by atoms with Crippen molar-refractivity contribution in [2.24, 2.45) is 0 Å². The Morgan fingerprint density at radius 1 is 1.24 bits per heavy atom. The van der Waals surface area contributed by atoms with Gasteiger partial charge < -0.3 is 19.7 Å². The van der Waals surface area contributed by atoms with Crippen LogP contribution in [0.5, 0.6) is 5.75 Å². The molecule has 2 aromatic heterocycles. The maximum Gasteiger partial charge on any atom is 0.342 e. The van der Waals surface area contributed by atoms with Crippen molar-refractivity contribution < 1.29 is 23.4 Å². The SMILES string of the molecule is CC(C)OC(=O)[C@H](C)NP(=O)(COC1(Cc2cnn3c(N)ncnc23)CC1)Oc1ccccc1. The predicted molar refractivity (Wildman–Crippen MR) is 125 cm³/mol. The Morgan fingerprint density at radius 3 is 2.65 bits per heavy atom. The molecule has 34 heavy (non-hydrogen) atoms. The Balaban J connectivity index is 1.48. The first-order valence-electron chi connectivity index (χ1n) is 11.1. The van der Waals surface area contributed by atoms with Crippen LogP contribution in [-0.4, -0.2) is 49.6 Å². The lowest BCUT2D eigenvalue weighted by atomic mass is 10.1. The van der Waals surface area contributed by atoms with Crippen molar-refractivity contribution in [3.05, 3.63) is 48.4 Å². The molecule has 2 heterocycles. The van der Waals surface area contributed by atoms with Crippen LogP contribution in [0.25, 0.3) is 5.65 Å². The van der Waals surface area contributed by atoms with Crippen molar-refractivity contribution in [2.75, 3.05) is 12.1 Å². The molecule has 1 unspecified atom stereocenters. The summed E-state index contributed by atoms with van der Waals surface area (Å²) in [6.07, 6.45) is 4.63. The number of ether oxygens (including phenoxy) is 2. The number of nitrogen functional groups attached to an aromatic ring is 1. The third kappa shape index (κ3) is 5.72. The van der Waals surface area contributed by atoms with E-state index in [2.05, 4.69) is 20.2 Å². The largest absolute Gasteiger partial charge is 0.462 e. The summed E-state index contributed by atoms with van der Waals surface area (Å²) < 4.78 is 32.5. The number of para-hydroxylation sites is 1. The van der Waals surface area contributed by atoms with Gasteiger partial charge in [-0.05, 0) is 45.7 Å². The van der Waals surface area contributed by atoms with E-state index in [1.54, 1.807) is 51.2 Å². The number of hydrogen-bond donors (Lipinski definition) is 2. The van der Waals surface area contributed by atoms with Gasteiger partial charge in [-0.1, -0.05) is 18.2 Å². The molecule has 3 aromatic rings. The highest BCUT2D eigenvalue weighted by molar-refractivity contribution is 7.57. The summed E-state index contributed by atoms with van der Waals surface area (Å²) in [5.41, 5.74) is 6.79. The van der Waals surface area contributed by atoms with E-state index in [1.807, 2.05) is 6.07 Å². The maximum atomic E-state index is 13.8. The number of hydrogen-bond acceptors (Lipinski definition) is 9. The van der Waals surface area contributed by atoms with Crippen molar-refractivity contribution in [3.63, 3.8) is 0 Å². The van der Waals surface area contributed by atoms with Gasteiger partial charge in [0.1, 0.15) is 24.5 Å². The van der Waals surface area contributed by atoms with Crippen LogP contribution in [0.3, 0.4) is 0 Å². The van der Waals surface area contributed by atoms with Crippen molar-refractivity contribution in [1.29, 1.82) is 0 Å². The number of aromatic nitrogens is 4.